The van der Waals surface area contributed by atoms with Crippen molar-refractivity contribution in [3.05, 3.63) is 70.0 Å². The predicted molar refractivity (Wildman–Crippen MR) is 156 cm³/mol. The first kappa shape index (κ1) is 26.8. The fraction of sp³-hybridized carbons (Fsp3) is 0.467. The van der Waals surface area contributed by atoms with E-state index in [4.69, 9.17) is 32.9 Å². The monoisotopic (exact) mass is 567 g/mol. The molecule has 3 aliphatic heterocycles. The molecule has 2 N–H and O–H groups in total. The van der Waals surface area contributed by atoms with Crippen molar-refractivity contribution in [1.82, 2.24) is 20.2 Å². The number of hydrogen-bond acceptors (Lipinski definition) is 7. The lowest BCUT2D eigenvalue weighted by molar-refractivity contribution is 0.135. The quantitative estimate of drug-likeness (QED) is 0.437. The Hall–Kier alpha value is -2.42. The Morgan fingerprint density at radius 2 is 1.97 bits per heavy atom. The largest absolute Gasteiger partial charge is 0.493 e. The number of nitrogens with zero attached hydrogens (tertiary/aromatic N) is 4. The van der Waals surface area contributed by atoms with Gasteiger partial charge in [0, 0.05) is 62.5 Å². The van der Waals surface area contributed by atoms with Crippen molar-refractivity contribution in [1.29, 1.82) is 0 Å². The summed E-state index contributed by atoms with van der Waals surface area (Å²) in [4.78, 5) is 14.6. The van der Waals surface area contributed by atoms with Crippen molar-refractivity contribution >= 4 is 29.0 Å². The molecule has 206 valence electrons. The number of anilines is 1. The summed E-state index contributed by atoms with van der Waals surface area (Å²) in [5, 5.41) is 14.7. The first-order chi connectivity index (χ1) is 18.9. The highest BCUT2D eigenvalue weighted by Gasteiger charge is 2.44. The van der Waals surface area contributed by atoms with Crippen LogP contribution in [0.5, 0.6) is 5.75 Å². The van der Waals surface area contributed by atoms with Gasteiger partial charge in [-0.25, -0.2) is 4.98 Å². The summed E-state index contributed by atoms with van der Waals surface area (Å²) in [7, 11) is 0. The Kier molecular flexibility index (Phi) is 7.71. The minimum atomic E-state index is -0.263. The zero-order valence-corrected chi connectivity index (χ0v) is 23.8. The highest BCUT2D eigenvalue weighted by atomic mass is 35.5. The first-order valence-electron chi connectivity index (χ1n) is 13.9. The number of nitrogens with one attached hydrogen (secondary N) is 1. The number of aliphatic hydroxyl groups excluding tert-OH is 1. The van der Waals surface area contributed by atoms with Gasteiger partial charge in [-0.15, -0.1) is 0 Å². The summed E-state index contributed by atoms with van der Waals surface area (Å²) in [6.07, 6.45) is 4.16. The second-order valence-electron chi connectivity index (χ2n) is 11.0. The number of ether oxygens (including phenoxy) is 1. The minimum Gasteiger partial charge on any atom is -0.493 e. The number of piperidine rings is 1. The van der Waals surface area contributed by atoms with Gasteiger partial charge < -0.3 is 20.1 Å². The molecule has 2 atom stereocenters. The maximum absolute atomic E-state index is 10.1. The van der Waals surface area contributed by atoms with E-state index in [1.165, 1.54) is 5.56 Å². The van der Waals surface area contributed by atoms with E-state index in [9.17, 15) is 5.11 Å². The first-order valence-corrected chi connectivity index (χ1v) is 14.6. The molecule has 1 aromatic carbocycles. The van der Waals surface area contributed by atoms with Gasteiger partial charge >= 0.3 is 0 Å². The van der Waals surface area contributed by atoms with Crippen molar-refractivity contribution in [3.63, 3.8) is 0 Å². The number of β-amino-alcohol motifs (C(OH)–C–C–N with tert-alkyl or cyclic N) is 1. The summed E-state index contributed by atoms with van der Waals surface area (Å²) in [5.74, 6) is 1.66. The van der Waals surface area contributed by atoms with Gasteiger partial charge in [-0.3, -0.25) is 9.88 Å². The number of para-hydroxylation sites is 1. The maximum Gasteiger partial charge on any atom is 0.147 e. The molecular formula is C30H35Cl2N5O2. The topological polar surface area (TPSA) is 73.8 Å². The number of halogens is 2. The van der Waals surface area contributed by atoms with Gasteiger partial charge in [0.2, 0.25) is 0 Å². The third kappa shape index (κ3) is 5.48. The molecule has 2 aromatic heterocycles. The Morgan fingerprint density at radius 1 is 1.15 bits per heavy atom. The van der Waals surface area contributed by atoms with Gasteiger partial charge in [0.25, 0.3) is 0 Å². The fourth-order valence-electron chi connectivity index (χ4n) is 6.59. The van der Waals surface area contributed by atoms with Crippen molar-refractivity contribution < 1.29 is 9.84 Å². The SMILES string of the molecule is CCOc1ccccc1-c1ccc2c(n1)CN(C[C@H]1C[C@H](O)CN1)CC21CCN(c2ncc(Cl)cc2Cl)CC1. The van der Waals surface area contributed by atoms with E-state index >= 15 is 0 Å². The van der Waals surface area contributed by atoms with Gasteiger partial charge in [-0.1, -0.05) is 41.4 Å². The van der Waals surface area contributed by atoms with Gasteiger partial charge in [0.1, 0.15) is 11.6 Å². The van der Waals surface area contributed by atoms with E-state index in [0.717, 1.165) is 80.5 Å². The van der Waals surface area contributed by atoms with Crippen molar-refractivity contribution in [3.8, 4) is 17.0 Å². The number of rotatable bonds is 6. The van der Waals surface area contributed by atoms with Crippen LogP contribution in [0.1, 0.15) is 37.4 Å². The van der Waals surface area contributed by atoms with Crippen LogP contribution in [0, 0.1) is 0 Å². The number of pyridine rings is 2. The molecule has 0 aliphatic carbocycles. The van der Waals surface area contributed by atoms with Crippen LogP contribution in [0.4, 0.5) is 5.82 Å². The Balaban J connectivity index is 1.31. The fourth-order valence-corrected chi connectivity index (χ4v) is 7.09. The Bertz CT molecular complexity index is 1330. The van der Waals surface area contributed by atoms with Crippen LogP contribution in [-0.2, 0) is 12.0 Å². The van der Waals surface area contributed by atoms with Crippen molar-refractivity contribution in [2.45, 2.75) is 50.3 Å². The molecule has 0 amide bonds. The molecule has 5 heterocycles. The Morgan fingerprint density at radius 3 is 2.72 bits per heavy atom. The molecule has 2 fully saturated rings. The zero-order valence-electron chi connectivity index (χ0n) is 22.2. The van der Waals surface area contributed by atoms with Gasteiger partial charge in [0.15, 0.2) is 0 Å². The third-order valence-electron chi connectivity index (χ3n) is 8.39. The molecule has 3 aromatic rings. The summed E-state index contributed by atoms with van der Waals surface area (Å²) >= 11 is 12.6. The molecule has 0 radical (unpaired) electrons. The number of benzene rings is 1. The average Bonchev–Trinajstić information content (AvgIpc) is 3.34. The number of aromatic nitrogens is 2. The maximum atomic E-state index is 10.1. The van der Waals surface area contributed by atoms with E-state index in [-0.39, 0.29) is 17.6 Å². The van der Waals surface area contributed by atoms with Gasteiger partial charge in [-0.2, -0.15) is 0 Å². The van der Waals surface area contributed by atoms with E-state index < -0.39 is 0 Å². The molecule has 7 nitrogen and oxygen atoms in total. The van der Waals surface area contributed by atoms with Crippen LogP contribution in [0.2, 0.25) is 10.0 Å². The smallest absolute Gasteiger partial charge is 0.147 e. The number of hydrogen-bond donors (Lipinski definition) is 2. The van der Waals surface area contributed by atoms with Crippen molar-refractivity contribution in [2.24, 2.45) is 0 Å². The summed E-state index contributed by atoms with van der Waals surface area (Å²) in [6.45, 7) is 7.67. The molecule has 39 heavy (non-hydrogen) atoms. The van der Waals surface area contributed by atoms with E-state index in [1.807, 2.05) is 25.1 Å². The molecule has 0 bridgehead atoms. The van der Waals surface area contributed by atoms with Crippen LogP contribution >= 0.6 is 23.2 Å². The summed E-state index contributed by atoms with van der Waals surface area (Å²) in [6, 6.07) is 14.7. The number of aliphatic hydroxyl groups is 1. The van der Waals surface area contributed by atoms with Crippen LogP contribution in [-0.4, -0.2) is 71.5 Å². The Labute approximate surface area is 240 Å². The molecule has 6 rings (SSSR count). The lowest BCUT2D eigenvalue weighted by atomic mass is 9.69. The second-order valence-corrected chi connectivity index (χ2v) is 11.9. The van der Waals surface area contributed by atoms with Crippen molar-refractivity contribution in [2.75, 3.05) is 44.2 Å². The van der Waals surface area contributed by atoms with E-state index in [2.05, 4.69) is 38.3 Å². The summed E-state index contributed by atoms with van der Waals surface area (Å²) in [5.41, 5.74) is 4.45. The zero-order chi connectivity index (χ0) is 27.0. The second kappa shape index (κ2) is 11.2. The minimum absolute atomic E-state index is 0.00876. The molecule has 0 saturated carbocycles. The van der Waals surface area contributed by atoms with Gasteiger partial charge in [0.05, 0.1) is 34.1 Å². The van der Waals surface area contributed by atoms with Gasteiger partial charge in [-0.05, 0) is 56.0 Å². The third-order valence-corrected chi connectivity index (χ3v) is 8.88. The normalized spacial score (nSPS) is 22.7. The molecule has 2 saturated heterocycles. The molecule has 3 aliphatic rings. The van der Waals surface area contributed by atoms with E-state index in [1.54, 1.807) is 12.3 Å². The predicted octanol–water partition coefficient (Wildman–Crippen LogP) is 4.93. The highest BCUT2D eigenvalue weighted by molar-refractivity contribution is 6.36. The summed E-state index contributed by atoms with van der Waals surface area (Å²) < 4.78 is 5.92. The van der Waals surface area contributed by atoms with Crippen LogP contribution < -0.4 is 15.0 Å². The standard InChI is InChI=1S/C30H35Cl2N5O2/c1-2-39-28-6-4-3-5-23(28)26-8-7-24-27(35-26)18-36(17-21-14-22(38)16-33-21)19-30(24)9-11-37(12-10-30)29-25(32)13-20(31)15-34-29/h3-8,13,15,21-22,33,38H,2,9-12,14,16-19H2,1H3/t21-,22+/m1/s1. The van der Waals surface area contributed by atoms with Crippen LogP contribution in [0.15, 0.2) is 48.7 Å². The van der Waals surface area contributed by atoms with Crippen LogP contribution in [0.25, 0.3) is 11.3 Å². The molecular weight excluding hydrogens is 533 g/mol. The molecule has 0 unspecified atom stereocenters. The average molecular weight is 569 g/mol. The van der Waals surface area contributed by atoms with Crippen LogP contribution in [0.3, 0.4) is 0 Å². The van der Waals surface area contributed by atoms with E-state index in [0.29, 0.717) is 23.2 Å². The highest BCUT2D eigenvalue weighted by Crippen LogP contribution is 2.44. The molecule has 1 spiro atoms. The lowest BCUT2D eigenvalue weighted by Gasteiger charge is -2.49. The number of fused-ring (bicyclic) bond motifs is 2. The lowest BCUT2D eigenvalue weighted by Crippen LogP contribution is -2.54. The molecule has 9 heteroatoms.